The minimum Gasteiger partial charge on any atom is -0.369 e. The van der Waals surface area contributed by atoms with Crippen LogP contribution in [0, 0.1) is 6.92 Å². The van der Waals surface area contributed by atoms with Crippen LogP contribution in [-0.2, 0) is 11.8 Å². The molecule has 1 atom stereocenters. The van der Waals surface area contributed by atoms with E-state index in [0.717, 1.165) is 18.5 Å². The number of aryl methyl sites for hydroxylation is 1. The van der Waals surface area contributed by atoms with Crippen LogP contribution in [0.2, 0.25) is 0 Å². The maximum absolute atomic E-state index is 13.6. The summed E-state index contributed by atoms with van der Waals surface area (Å²) < 4.78 is 120. The molecule has 0 spiro atoms. The number of alkyl halides is 9. The zero-order valence-corrected chi connectivity index (χ0v) is 19.5. The summed E-state index contributed by atoms with van der Waals surface area (Å²) in [6.07, 6.45) is -14.8. The van der Waals surface area contributed by atoms with Crippen LogP contribution in [0.3, 0.4) is 0 Å². The summed E-state index contributed by atoms with van der Waals surface area (Å²) in [5.74, 6) is -3.24. The Hall–Kier alpha value is -3.55. The number of aromatic nitrogens is 3. The third-order valence-corrected chi connectivity index (χ3v) is 5.69. The molecule has 0 saturated carbocycles. The Morgan fingerprint density at radius 1 is 0.868 bits per heavy atom. The lowest BCUT2D eigenvalue weighted by atomic mass is 9.86. The number of benzene rings is 1. The predicted molar refractivity (Wildman–Crippen MR) is 115 cm³/mol. The summed E-state index contributed by atoms with van der Waals surface area (Å²) >= 11 is 0. The number of carbonyl (C=O) groups is 1. The Bertz CT molecular complexity index is 1290. The Morgan fingerprint density at radius 3 is 1.92 bits per heavy atom. The van der Waals surface area contributed by atoms with Gasteiger partial charge in [0.25, 0.3) is 5.60 Å². The van der Waals surface area contributed by atoms with Crippen LogP contribution in [0.15, 0.2) is 48.9 Å². The predicted octanol–water partition coefficient (Wildman–Crippen LogP) is 6.55. The molecule has 14 heteroatoms. The number of nitrogens with zero attached hydrogens (tertiary/aromatic N) is 3. The molecule has 0 bridgehead atoms. The topological polar surface area (TPSA) is 76.0 Å². The lowest BCUT2D eigenvalue weighted by molar-refractivity contribution is -0.376. The van der Waals surface area contributed by atoms with E-state index < -0.39 is 59.2 Å². The van der Waals surface area contributed by atoms with Gasteiger partial charge in [-0.3, -0.25) is 9.78 Å². The maximum atomic E-state index is 13.6. The second kappa shape index (κ2) is 9.97. The largest absolute Gasteiger partial charge is 0.451 e. The van der Waals surface area contributed by atoms with Gasteiger partial charge in [-0.2, -0.15) is 39.5 Å². The smallest absolute Gasteiger partial charge is 0.369 e. The van der Waals surface area contributed by atoms with E-state index in [1.165, 1.54) is 25.3 Å². The molecule has 0 aliphatic carbocycles. The molecule has 5 nitrogen and oxygen atoms in total. The zero-order valence-electron chi connectivity index (χ0n) is 19.5. The van der Waals surface area contributed by atoms with E-state index in [1.807, 2.05) is 0 Å². The molecular formula is C24H18F9N3O2. The molecule has 0 aliphatic heterocycles. The average molecular weight is 551 g/mol. The van der Waals surface area contributed by atoms with Crippen LogP contribution in [-0.4, -0.2) is 38.2 Å². The van der Waals surface area contributed by atoms with Crippen LogP contribution in [0.1, 0.15) is 52.1 Å². The number of ketones is 1. The van der Waals surface area contributed by atoms with Crippen molar-refractivity contribution >= 4 is 5.78 Å². The lowest BCUT2D eigenvalue weighted by Crippen LogP contribution is -2.54. The molecule has 204 valence electrons. The normalized spacial score (nSPS) is 13.9. The van der Waals surface area contributed by atoms with Crippen molar-refractivity contribution in [2.75, 3.05) is 0 Å². The fourth-order valence-electron chi connectivity index (χ4n) is 3.52. The Labute approximate surface area is 209 Å². The second-order valence-electron chi connectivity index (χ2n) is 8.59. The SMILES string of the molecule is Cc1ccc(-c2cc(C(=O)C[C@H](C)c3cnc(C(F)(F)F)nc3)cc(C(O)(C(F)(F)F)C(F)(F)F)c2)nc1. The van der Waals surface area contributed by atoms with Gasteiger partial charge in [0.2, 0.25) is 5.82 Å². The molecule has 3 aromatic rings. The average Bonchev–Trinajstić information content (AvgIpc) is 2.81. The van der Waals surface area contributed by atoms with Crippen molar-refractivity contribution in [3.8, 4) is 11.3 Å². The highest BCUT2D eigenvalue weighted by molar-refractivity contribution is 5.98. The highest BCUT2D eigenvalue weighted by Gasteiger charge is 2.71. The first-order chi connectivity index (χ1) is 17.3. The third-order valence-electron chi connectivity index (χ3n) is 5.69. The Morgan fingerprint density at radius 2 is 1.45 bits per heavy atom. The quantitative estimate of drug-likeness (QED) is 0.278. The standard InChI is InChI=1S/C24H18F9N3O2/c1-12-3-4-18(34-9-12)14-6-15(8-17(7-14)21(38,23(28,29)30)24(31,32)33)19(37)5-13(2)16-10-35-20(36-11-16)22(25,26)27/h3-4,6-11,13,38H,5H2,1-2H3/t13-/m0/s1. The van der Waals surface area contributed by atoms with Crippen LogP contribution in [0.5, 0.6) is 0 Å². The van der Waals surface area contributed by atoms with Gasteiger partial charge in [0.1, 0.15) is 0 Å². The number of rotatable bonds is 6. The number of pyridine rings is 1. The van der Waals surface area contributed by atoms with E-state index in [9.17, 15) is 49.4 Å². The van der Waals surface area contributed by atoms with E-state index in [2.05, 4.69) is 15.0 Å². The summed E-state index contributed by atoms with van der Waals surface area (Å²) in [5, 5.41) is 9.94. The Balaban J connectivity index is 2.08. The van der Waals surface area contributed by atoms with E-state index in [1.54, 1.807) is 6.92 Å². The van der Waals surface area contributed by atoms with Gasteiger partial charge < -0.3 is 5.11 Å². The molecule has 3 rings (SSSR count). The van der Waals surface area contributed by atoms with Gasteiger partial charge in [0.15, 0.2) is 5.78 Å². The van der Waals surface area contributed by atoms with E-state index >= 15 is 0 Å². The number of aliphatic hydroxyl groups is 1. The zero-order chi connectivity index (χ0) is 28.7. The molecule has 2 heterocycles. The van der Waals surface area contributed by atoms with E-state index in [4.69, 9.17) is 0 Å². The molecule has 1 aromatic carbocycles. The van der Waals surface area contributed by atoms with Crippen LogP contribution < -0.4 is 0 Å². The first-order valence-electron chi connectivity index (χ1n) is 10.7. The van der Waals surface area contributed by atoms with Crippen LogP contribution in [0.4, 0.5) is 39.5 Å². The minimum absolute atomic E-state index is 0.0672. The second-order valence-corrected chi connectivity index (χ2v) is 8.59. The van der Waals surface area contributed by atoms with Gasteiger partial charge in [0, 0.05) is 41.7 Å². The molecular weight excluding hydrogens is 533 g/mol. The number of hydrogen-bond acceptors (Lipinski definition) is 5. The molecule has 2 aromatic heterocycles. The molecule has 0 aliphatic rings. The van der Waals surface area contributed by atoms with Gasteiger partial charge in [-0.15, -0.1) is 0 Å². The number of hydrogen-bond donors (Lipinski definition) is 1. The number of carbonyl (C=O) groups excluding carboxylic acids is 1. The minimum atomic E-state index is -6.20. The fraction of sp³-hybridized carbons (Fsp3) is 0.333. The maximum Gasteiger partial charge on any atom is 0.451 e. The summed E-state index contributed by atoms with van der Waals surface area (Å²) in [4.78, 5) is 23.3. The molecule has 0 radical (unpaired) electrons. The first kappa shape index (κ1) is 29.0. The van der Waals surface area contributed by atoms with E-state index in [0.29, 0.717) is 11.6 Å². The van der Waals surface area contributed by atoms with Gasteiger partial charge in [-0.05, 0) is 48.2 Å². The molecule has 0 unspecified atom stereocenters. The molecule has 0 amide bonds. The van der Waals surface area contributed by atoms with Crippen LogP contribution >= 0.6 is 0 Å². The fourth-order valence-corrected chi connectivity index (χ4v) is 3.52. The molecule has 1 N–H and O–H groups in total. The van der Waals surface area contributed by atoms with Gasteiger partial charge in [-0.1, -0.05) is 13.0 Å². The lowest BCUT2D eigenvalue weighted by Gasteiger charge is -2.33. The first-order valence-corrected chi connectivity index (χ1v) is 10.7. The van der Waals surface area contributed by atoms with Crippen molar-refractivity contribution in [3.05, 3.63) is 77.0 Å². The van der Waals surface area contributed by atoms with Crippen molar-refractivity contribution < 1.29 is 49.4 Å². The highest BCUT2D eigenvalue weighted by Crippen LogP contribution is 2.50. The van der Waals surface area contributed by atoms with Crippen molar-refractivity contribution in [2.24, 2.45) is 0 Å². The van der Waals surface area contributed by atoms with E-state index in [-0.39, 0.29) is 22.9 Å². The van der Waals surface area contributed by atoms with Crippen molar-refractivity contribution in [1.82, 2.24) is 15.0 Å². The Kier molecular flexibility index (Phi) is 7.61. The molecule has 0 fully saturated rings. The molecule has 38 heavy (non-hydrogen) atoms. The van der Waals surface area contributed by atoms with Crippen LogP contribution in [0.25, 0.3) is 11.3 Å². The van der Waals surface area contributed by atoms with Crippen molar-refractivity contribution in [2.45, 2.75) is 50.3 Å². The van der Waals surface area contributed by atoms with Crippen molar-refractivity contribution in [3.63, 3.8) is 0 Å². The summed E-state index contributed by atoms with van der Waals surface area (Å²) in [7, 11) is 0. The summed E-state index contributed by atoms with van der Waals surface area (Å²) in [6.45, 7) is 3.03. The molecule has 0 saturated heterocycles. The van der Waals surface area contributed by atoms with Gasteiger partial charge >= 0.3 is 18.5 Å². The number of Topliss-reactive ketones (excluding diaryl/α,β-unsaturated/α-hetero) is 1. The highest BCUT2D eigenvalue weighted by atomic mass is 19.4. The van der Waals surface area contributed by atoms with Gasteiger partial charge in [0.05, 0.1) is 5.69 Å². The van der Waals surface area contributed by atoms with Crippen molar-refractivity contribution in [1.29, 1.82) is 0 Å². The third kappa shape index (κ3) is 5.79. The monoisotopic (exact) mass is 551 g/mol. The number of halogens is 9. The van der Waals surface area contributed by atoms with Gasteiger partial charge in [-0.25, -0.2) is 9.97 Å². The summed E-state index contributed by atoms with van der Waals surface area (Å²) in [6, 6.07) is 4.56. The summed E-state index contributed by atoms with van der Waals surface area (Å²) in [5.41, 5.74) is -7.22.